The van der Waals surface area contributed by atoms with Crippen molar-refractivity contribution in [3.63, 3.8) is 0 Å². The molecule has 1 heterocycles. The Hall–Kier alpha value is -0.610. The lowest BCUT2D eigenvalue weighted by Gasteiger charge is -2.36. The highest BCUT2D eigenvalue weighted by atomic mass is 16.1. The molecular formula is C12H25N3O. The molecule has 0 saturated carbocycles. The zero-order valence-corrected chi connectivity index (χ0v) is 10.5. The van der Waals surface area contributed by atoms with Crippen molar-refractivity contribution in [1.29, 1.82) is 0 Å². The van der Waals surface area contributed by atoms with E-state index in [1.165, 1.54) is 25.7 Å². The summed E-state index contributed by atoms with van der Waals surface area (Å²) in [7, 11) is 1.99. The molecule has 0 aromatic rings. The summed E-state index contributed by atoms with van der Waals surface area (Å²) in [5, 5.41) is 3.19. The van der Waals surface area contributed by atoms with Crippen molar-refractivity contribution >= 4 is 5.91 Å². The Balaban J connectivity index is 2.43. The van der Waals surface area contributed by atoms with E-state index < -0.39 is 0 Å². The molecule has 0 spiro atoms. The summed E-state index contributed by atoms with van der Waals surface area (Å²) in [6.45, 7) is 4.91. The molecule has 4 heteroatoms. The second-order valence-electron chi connectivity index (χ2n) is 4.84. The number of carbonyl (C=O) groups is 1. The number of primary amides is 1. The molecule has 4 nitrogen and oxygen atoms in total. The largest absolute Gasteiger partial charge is 0.369 e. The van der Waals surface area contributed by atoms with E-state index >= 15 is 0 Å². The molecule has 1 saturated heterocycles. The third kappa shape index (κ3) is 4.10. The fourth-order valence-corrected chi connectivity index (χ4v) is 2.38. The van der Waals surface area contributed by atoms with Crippen molar-refractivity contribution in [2.75, 3.05) is 26.7 Å². The average Bonchev–Trinajstić information content (AvgIpc) is 2.27. The van der Waals surface area contributed by atoms with Crippen LogP contribution in [0.4, 0.5) is 0 Å². The topological polar surface area (TPSA) is 58.4 Å². The molecule has 2 unspecified atom stereocenters. The van der Waals surface area contributed by atoms with Gasteiger partial charge in [-0.2, -0.15) is 0 Å². The van der Waals surface area contributed by atoms with E-state index in [4.69, 9.17) is 5.73 Å². The zero-order valence-electron chi connectivity index (χ0n) is 10.5. The molecule has 0 aromatic carbocycles. The summed E-state index contributed by atoms with van der Waals surface area (Å²) >= 11 is 0. The molecular weight excluding hydrogens is 202 g/mol. The van der Waals surface area contributed by atoms with Gasteiger partial charge in [-0.1, -0.05) is 13.3 Å². The molecule has 1 amide bonds. The molecule has 0 bridgehead atoms. The van der Waals surface area contributed by atoms with Gasteiger partial charge in [-0.25, -0.2) is 0 Å². The Kier molecular flexibility index (Phi) is 5.77. The van der Waals surface area contributed by atoms with Crippen LogP contribution in [-0.4, -0.2) is 43.5 Å². The Bertz CT molecular complexity index is 220. The van der Waals surface area contributed by atoms with Gasteiger partial charge in [0.2, 0.25) is 5.91 Å². The van der Waals surface area contributed by atoms with E-state index in [0.29, 0.717) is 6.04 Å². The van der Waals surface area contributed by atoms with Gasteiger partial charge < -0.3 is 11.1 Å². The van der Waals surface area contributed by atoms with Crippen LogP contribution in [0.5, 0.6) is 0 Å². The Morgan fingerprint density at radius 3 is 2.94 bits per heavy atom. The van der Waals surface area contributed by atoms with Crippen molar-refractivity contribution in [2.24, 2.45) is 11.7 Å². The van der Waals surface area contributed by atoms with Gasteiger partial charge in [-0.05, 0) is 39.4 Å². The maximum absolute atomic E-state index is 11.1. The Morgan fingerprint density at radius 2 is 2.31 bits per heavy atom. The standard InChI is InChI=1S/C12H25N3O/c1-10(12(13)16)9-15-8-4-3-5-11(15)6-7-14-2/h10-11,14H,3-9H2,1-2H3,(H2,13,16). The van der Waals surface area contributed by atoms with Gasteiger partial charge >= 0.3 is 0 Å². The first-order chi connectivity index (χ1) is 7.65. The summed E-state index contributed by atoms with van der Waals surface area (Å²) in [6.07, 6.45) is 4.99. The maximum Gasteiger partial charge on any atom is 0.221 e. The summed E-state index contributed by atoms with van der Waals surface area (Å²) in [6, 6.07) is 0.628. The smallest absolute Gasteiger partial charge is 0.221 e. The first kappa shape index (κ1) is 13.5. The minimum Gasteiger partial charge on any atom is -0.369 e. The van der Waals surface area contributed by atoms with E-state index in [1.54, 1.807) is 0 Å². The Labute approximate surface area is 98.6 Å². The van der Waals surface area contributed by atoms with Gasteiger partial charge in [0.1, 0.15) is 0 Å². The number of hydrogen-bond acceptors (Lipinski definition) is 3. The van der Waals surface area contributed by atoms with Crippen molar-refractivity contribution in [3.8, 4) is 0 Å². The third-order valence-corrected chi connectivity index (χ3v) is 3.47. The number of nitrogens with zero attached hydrogens (tertiary/aromatic N) is 1. The Morgan fingerprint density at radius 1 is 1.56 bits per heavy atom. The lowest BCUT2D eigenvalue weighted by molar-refractivity contribution is -0.122. The van der Waals surface area contributed by atoms with Crippen LogP contribution < -0.4 is 11.1 Å². The minimum absolute atomic E-state index is 0.0322. The average molecular weight is 227 g/mol. The number of carbonyl (C=O) groups excluding carboxylic acids is 1. The van der Waals surface area contributed by atoms with Gasteiger partial charge in [0.25, 0.3) is 0 Å². The molecule has 0 radical (unpaired) electrons. The number of amides is 1. The summed E-state index contributed by atoms with van der Waals surface area (Å²) in [5.41, 5.74) is 5.32. The predicted molar refractivity (Wildman–Crippen MR) is 66.1 cm³/mol. The summed E-state index contributed by atoms with van der Waals surface area (Å²) in [5.74, 6) is -0.215. The zero-order chi connectivity index (χ0) is 12.0. The van der Waals surface area contributed by atoms with Crippen molar-refractivity contribution in [1.82, 2.24) is 10.2 Å². The highest BCUT2D eigenvalue weighted by molar-refractivity contribution is 5.76. The van der Waals surface area contributed by atoms with Crippen LogP contribution >= 0.6 is 0 Å². The lowest BCUT2D eigenvalue weighted by atomic mass is 9.97. The van der Waals surface area contributed by atoms with Crippen LogP contribution in [-0.2, 0) is 4.79 Å². The molecule has 3 N–H and O–H groups in total. The number of rotatable bonds is 6. The molecule has 2 atom stereocenters. The highest BCUT2D eigenvalue weighted by Gasteiger charge is 2.24. The second kappa shape index (κ2) is 6.86. The van der Waals surface area contributed by atoms with Crippen LogP contribution in [0, 0.1) is 5.92 Å². The predicted octanol–water partition coefficient (Wildman–Crippen LogP) is 0.572. The van der Waals surface area contributed by atoms with Gasteiger partial charge in [0.15, 0.2) is 0 Å². The minimum atomic E-state index is -0.182. The molecule has 0 aromatic heterocycles. The lowest BCUT2D eigenvalue weighted by Crippen LogP contribution is -2.45. The maximum atomic E-state index is 11.1. The number of nitrogens with two attached hydrogens (primary N) is 1. The summed E-state index contributed by atoms with van der Waals surface area (Å²) in [4.78, 5) is 13.5. The van der Waals surface area contributed by atoms with Crippen molar-refractivity contribution in [2.45, 2.75) is 38.6 Å². The molecule has 1 fully saturated rings. The van der Waals surface area contributed by atoms with Gasteiger partial charge in [-0.3, -0.25) is 9.69 Å². The number of likely N-dealkylation sites (tertiary alicyclic amines) is 1. The monoisotopic (exact) mass is 227 g/mol. The first-order valence-electron chi connectivity index (χ1n) is 6.33. The van der Waals surface area contributed by atoms with Crippen LogP contribution in [0.2, 0.25) is 0 Å². The fraction of sp³-hybridized carbons (Fsp3) is 0.917. The summed E-state index contributed by atoms with van der Waals surface area (Å²) < 4.78 is 0. The second-order valence-corrected chi connectivity index (χ2v) is 4.84. The van der Waals surface area contributed by atoms with Crippen molar-refractivity contribution in [3.05, 3.63) is 0 Å². The van der Waals surface area contributed by atoms with E-state index in [0.717, 1.165) is 19.6 Å². The third-order valence-electron chi connectivity index (χ3n) is 3.47. The quantitative estimate of drug-likeness (QED) is 0.697. The molecule has 1 aliphatic heterocycles. The van der Waals surface area contributed by atoms with Crippen LogP contribution in [0.15, 0.2) is 0 Å². The van der Waals surface area contributed by atoms with Crippen LogP contribution in [0.3, 0.4) is 0 Å². The first-order valence-corrected chi connectivity index (χ1v) is 6.33. The highest BCUT2D eigenvalue weighted by Crippen LogP contribution is 2.20. The van der Waals surface area contributed by atoms with E-state index in [9.17, 15) is 4.79 Å². The van der Waals surface area contributed by atoms with Gasteiger partial charge in [0, 0.05) is 18.5 Å². The molecule has 94 valence electrons. The number of nitrogens with one attached hydrogen (secondary N) is 1. The molecule has 0 aliphatic carbocycles. The molecule has 16 heavy (non-hydrogen) atoms. The van der Waals surface area contributed by atoms with Crippen molar-refractivity contribution < 1.29 is 4.79 Å². The fourth-order valence-electron chi connectivity index (χ4n) is 2.38. The van der Waals surface area contributed by atoms with E-state index in [1.807, 2.05) is 14.0 Å². The SMILES string of the molecule is CNCCC1CCCCN1CC(C)C(N)=O. The van der Waals surface area contributed by atoms with Gasteiger partial charge in [0.05, 0.1) is 0 Å². The molecule has 1 aliphatic rings. The van der Waals surface area contributed by atoms with E-state index in [-0.39, 0.29) is 11.8 Å². The normalized spacial score (nSPS) is 24.2. The van der Waals surface area contributed by atoms with E-state index in [2.05, 4.69) is 10.2 Å². The van der Waals surface area contributed by atoms with Crippen LogP contribution in [0.25, 0.3) is 0 Å². The van der Waals surface area contributed by atoms with Crippen LogP contribution in [0.1, 0.15) is 32.6 Å². The molecule has 1 rings (SSSR count). The number of hydrogen-bond donors (Lipinski definition) is 2. The number of piperidine rings is 1. The van der Waals surface area contributed by atoms with Gasteiger partial charge in [-0.15, -0.1) is 0 Å².